The average molecular weight is 271 g/mol. The fraction of sp³-hybridized carbons (Fsp3) is 0.300. The Labute approximate surface area is 94.8 Å². The minimum absolute atomic E-state index is 0.345. The molecule has 74 valence electrons. The predicted molar refractivity (Wildman–Crippen MR) is 63.8 cm³/mol. The molecule has 4 heteroatoms. The summed E-state index contributed by atoms with van der Waals surface area (Å²) in [5.41, 5.74) is 1.15. The summed E-state index contributed by atoms with van der Waals surface area (Å²) < 4.78 is 4.28. The topological polar surface area (TPSA) is 28.8 Å². The third-order valence-corrected chi connectivity index (χ3v) is 3.55. The normalized spacial score (nSPS) is 11.4. The Kier molecular flexibility index (Phi) is 2.49. The molecule has 1 aromatic carbocycles. The summed E-state index contributed by atoms with van der Waals surface area (Å²) in [4.78, 5) is 0.619. The zero-order valence-electron chi connectivity index (χ0n) is 8.04. The number of hydrogen-bond acceptors (Lipinski definition) is 2. The van der Waals surface area contributed by atoms with E-state index in [1.54, 1.807) is 0 Å². The summed E-state index contributed by atoms with van der Waals surface area (Å²) in [6, 6.07) is 6.50. The highest BCUT2D eigenvalue weighted by atomic mass is 79.9. The van der Waals surface area contributed by atoms with Crippen molar-refractivity contribution in [1.82, 2.24) is 4.57 Å². The van der Waals surface area contributed by atoms with E-state index < -0.39 is 0 Å². The molecule has 0 spiro atoms. The summed E-state index contributed by atoms with van der Waals surface area (Å²) in [5.74, 6) is 0. The van der Waals surface area contributed by atoms with Crippen molar-refractivity contribution >= 4 is 37.5 Å². The third kappa shape index (κ3) is 1.53. The van der Waals surface area contributed by atoms with Crippen molar-refractivity contribution in [2.24, 2.45) is 0 Å². The van der Waals surface area contributed by atoms with Gasteiger partial charge in [0.05, 0.1) is 10.2 Å². The van der Waals surface area contributed by atoms with Crippen LogP contribution in [0, 0.1) is 5.41 Å². The van der Waals surface area contributed by atoms with Crippen molar-refractivity contribution in [2.45, 2.75) is 19.9 Å². The van der Waals surface area contributed by atoms with Crippen molar-refractivity contribution in [1.29, 1.82) is 5.41 Å². The van der Waals surface area contributed by atoms with Gasteiger partial charge >= 0.3 is 0 Å². The van der Waals surface area contributed by atoms with Crippen LogP contribution in [0.15, 0.2) is 22.7 Å². The van der Waals surface area contributed by atoms with Crippen LogP contribution in [-0.4, -0.2) is 4.57 Å². The van der Waals surface area contributed by atoms with E-state index in [-0.39, 0.29) is 0 Å². The zero-order valence-corrected chi connectivity index (χ0v) is 10.4. The van der Waals surface area contributed by atoms with Crippen LogP contribution in [0.4, 0.5) is 0 Å². The lowest BCUT2D eigenvalue weighted by Crippen LogP contribution is -2.14. The molecule has 0 aliphatic carbocycles. The van der Waals surface area contributed by atoms with E-state index in [0.29, 0.717) is 10.8 Å². The number of nitrogens with zero attached hydrogens (tertiary/aromatic N) is 1. The van der Waals surface area contributed by atoms with Gasteiger partial charge < -0.3 is 4.57 Å². The number of aromatic nitrogens is 1. The molecule has 1 heterocycles. The second kappa shape index (κ2) is 3.51. The first-order valence-electron chi connectivity index (χ1n) is 4.45. The van der Waals surface area contributed by atoms with Gasteiger partial charge in [-0.05, 0) is 32.0 Å². The number of rotatable bonds is 1. The molecule has 0 bridgehead atoms. The highest BCUT2D eigenvalue weighted by molar-refractivity contribution is 9.10. The van der Waals surface area contributed by atoms with Crippen LogP contribution in [0.25, 0.3) is 10.2 Å². The van der Waals surface area contributed by atoms with Crippen LogP contribution in [0.5, 0.6) is 0 Å². The lowest BCUT2D eigenvalue weighted by molar-refractivity contribution is 0.599. The lowest BCUT2D eigenvalue weighted by atomic mass is 10.3. The van der Waals surface area contributed by atoms with Gasteiger partial charge in [0.2, 0.25) is 0 Å². The fourth-order valence-corrected chi connectivity index (χ4v) is 3.13. The molecule has 1 N–H and O–H groups in total. The molecule has 0 aliphatic heterocycles. The second-order valence-electron chi connectivity index (χ2n) is 3.48. The minimum Gasteiger partial charge on any atom is -0.314 e. The molecule has 0 saturated heterocycles. The summed E-state index contributed by atoms with van der Waals surface area (Å²) in [6.45, 7) is 4.21. The molecule has 0 radical (unpaired) electrons. The van der Waals surface area contributed by atoms with Gasteiger partial charge in [-0.2, -0.15) is 0 Å². The maximum atomic E-state index is 7.87. The standard InChI is InChI=1S/C10H11BrN2S/c1-6(2)13-8-4-3-7(11)5-9(8)14-10(13)12/h3-6,12H,1-2H3. The van der Waals surface area contributed by atoms with E-state index in [2.05, 4.69) is 41.9 Å². The van der Waals surface area contributed by atoms with E-state index in [0.717, 1.165) is 14.7 Å². The Morgan fingerprint density at radius 1 is 1.43 bits per heavy atom. The molecule has 0 fully saturated rings. The van der Waals surface area contributed by atoms with Crippen molar-refractivity contribution < 1.29 is 0 Å². The summed E-state index contributed by atoms with van der Waals surface area (Å²) in [7, 11) is 0. The molecule has 0 amide bonds. The van der Waals surface area contributed by atoms with E-state index in [1.165, 1.54) is 11.3 Å². The molecular formula is C10H11BrN2S. The van der Waals surface area contributed by atoms with Crippen LogP contribution in [0.2, 0.25) is 0 Å². The van der Waals surface area contributed by atoms with Gasteiger partial charge in [0.1, 0.15) is 0 Å². The average Bonchev–Trinajstić information content (AvgIpc) is 2.39. The van der Waals surface area contributed by atoms with Crippen LogP contribution in [0.3, 0.4) is 0 Å². The predicted octanol–water partition coefficient (Wildman–Crippen LogP) is 3.53. The van der Waals surface area contributed by atoms with E-state index >= 15 is 0 Å². The Morgan fingerprint density at radius 2 is 2.14 bits per heavy atom. The van der Waals surface area contributed by atoms with Crippen molar-refractivity contribution in [3.63, 3.8) is 0 Å². The van der Waals surface area contributed by atoms with E-state index in [9.17, 15) is 0 Å². The van der Waals surface area contributed by atoms with Crippen molar-refractivity contribution in [3.05, 3.63) is 27.5 Å². The van der Waals surface area contributed by atoms with Crippen LogP contribution < -0.4 is 4.80 Å². The number of nitrogens with one attached hydrogen (secondary N) is 1. The third-order valence-electron chi connectivity index (χ3n) is 2.12. The second-order valence-corrected chi connectivity index (χ2v) is 5.43. The molecular weight excluding hydrogens is 260 g/mol. The first kappa shape index (κ1) is 9.93. The highest BCUT2D eigenvalue weighted by Crippen LogP contribution is 2.23. The van der Waals surface area contributed by atoms with Crippen LogP contribution >= 0.6 is 27.3 Å². The Bertz CT molecular complexity index is 524. The molecule has 0 aliphatic rings. The first-order chi connectivity index (χ1) is 6.59. The monoisotopic (exact) mass is 270 g/mol. The fourth-order valence-electron chi connectivity index (χ4n) is 1.54. The highest BCUT2D eigenvalue weighted by Gasteiger charge is 2.07. The van der Waals surface area contributed by atoms with Gasteiger partial charge in [0, 0.05) is 10.5 Å². The summed E-state index contributed by atoms with van der Waals surface area (Å²) >= 11 is 4.96. The molecule has 0 atom stereocenters. The van der Waals surface area contributed by atoms with Gasteiger partial charge in [-0.15, -0.1) is 0 Å². The molecule has 2 aromatic rings. The maximum absolute atomic E-state index is 7.87. The molecule has 1 aromatic heterocycles. The molecule has 0 unspecified atom stereocenters. The largest absolute Gasteiger partial charge is 0.314 e. The number of fused-ring (bicyclic) bond motifs is 1. The number of halogens is 1. The number of hydrogen-bond donors (Lipinski definition) is 1. The lowest BCUT2D eigenvalue weighted by Gasteiger charge is -2.07. The first-order valence-corrected chi connectivity index (χ1v) is 6.05. The van der Waals surface area contributed by atoms with Gasteiger partial charge in [-0.1, -0.05) is 27.3 Å². The molecule has 0 saturated carbocycles. The smallest absolute Gasteiger partial charge is 0.183 e. The zero-order chi connectivity index (χ0) is 10.3. The molecule has 2 rings (SSSR count). The van der Waals surface area contributed by atoms with Gasteiger partial charge in [-0.3, -0.25) is 5.41 Å². The Morgan fingerprint density at radius 3 is 2.79 bits per heavy atom. The van der Waals surface area contributed by atoms with Crippen LogP contribution in [0.1, 0.15) is 19.9 Å². The van der Waals surface area contributed by atoms with Gasteiger partial charge in [0.15, 0.2) is 4.80 Å². The number of thiazole rings is 1. The van der Waals surface area contributed by atoms with E-state index in [4.69, 9.17) is 5.41 Å². The van der Waals surface area contributed by atoms with Crippen molar-refractivity contribution in [3.8, 4) is 0 Å². The SMILES string of the molecule is CC(C)n1c(=N)sc2cc(Br)ccc21. The molecule has 14 heavy (non-hydrogen) atoms. The molecule has 2 nitrogen and oxygen atoms in total. The van der Waals surface area contributed by atoms with Gasteiger partial charge in [0.25, 0.3) is 0 Å². The Hall–Kier alpha value is -0.610. The van der Waals surface area contributed by atoms with Gasteiger partial charge in [-0.25, -0.2) is 0 Å². The minimum atomic E-state index is 0.345. The summed E-state index contributed by atoms with van der Waals surface area (Å²) in [5, 5.41) is 7.87. The maximum Gasteiger partial charge on any atom is 0.183 e. The van der Waals surface area contributed by atoms with Crippen LogP contribution in [-0.2, 0) is 0 Å². The quantitative estimate of drug-likeness (QED) is 0.822. The Balaban J connectivity index is 2.84. The summed E-state index contributed by atoms with van der Waals surface area (Å²) in [6.07, 6.45) is 0. The number of benzene rings is 1. The van der Waals surface area contributed by atoms with E-state index in [1.807, 2.05) is 10.6 Å². The van der Waals surface area contributed by atoms with Crippen molar-refractivity contribution in [2.75, 3.05) is 0 Å².